The predicted molar refractivity (Wildman–Crippen MR) is 60.5 cm³/mol. The Morgan fingerprint density at radius 3 is 2.80 bits per heavy atom. The first-order valence-electron chi connectivity index (χ1n) is 4.41. The number of ketones is 1. The summed E-state index contributed by atoms with van der Waals surface area (Å²) in [5, 5.41) is 0.803. The number of hydrogen-bond donors (Lipinski definition) is 0. The van der Waals surface area contributed by atoms with E-state index in [1.165, 1.54) is 14.0 Å². The maximum atomic E-state index is 11.3. The first kappa shape index (κ1) is 10.2. The van der Waals surface area contributed by atoms with Gasteiger partial charge in [-0.1, -0.05) is 6.07 Å². The summed E-state index contributed by atoms with van der Waals surface area (Å²) in [5.74, 6) is 0.619. The second kappa shape index (κ2) is 3.70. The number of Topliss-reactive ketones (excluding diaryl/α,β-unsaturated/α-hetero) is 1. The predicted octanol–water partition coefficient (Wildman–Crippen LogP) is 3.41. The average Bonchev–Trinajstić information content (AvgIpc) is 2.57. The Kier molecular flexibility index (Phi) is 2.52. The zero-order chi connectivity index (χ0) is 11.0. The van der Waals surface area contributed by atoms with Crippen LogP contribution in [-0.2, 0) is 0 Å². The summed E-state index contributed by atoms with van der Waals surface area (Å²) in [6.45, 7) is 1.45. The highest BCUT2D eigenvalue weighted by molar-refractivity contribution is 9.10. The molecule has 0 radical (unpaired) electrons. The minimum atomic E-state index is -0.144. The highest BCUT2D eigenvalue weighted by atomic mass is 79.9. The Hall–Kier alpha value is -1.29. The van der Waals surface area contributed by atoms with Crippen molar-refractivity contribution in [2.45, 2.75) is 6.92 Å². The van der Waals surface area contributed by atoms with Crippen LogP contribution < -0.4 is 4.74 Å². The lowest BCUT2D eigenvalue weighted by Gasteiger charge is -1.96. The first-order valence-corrected chi connectivity index (χ1v) is 5.20. The summed E-state index contributed by atoms with van der Waals surface area (Å²) >= 11 is 3.36. The van der Waals surface area contributed by atoms with Crippen molar-refractivity contribution in [1.29, 1.82) is 0 Å². The summed E-state index contributed by atoms with van der Waals surface area (Å²) in [6, 6.07) is 5.58. The molecule has 0 saturated carbocycles. The molecule has 3 nitrogen and oxygen atoms in total. The number of halogens is 1. The van der Waals surface area contributed by atoms with Gasteiger partial charge in [-0.2, -0.15) is 0 Å². The van der Waals surface area contributed by atoms with Crippen molar-refractivity contribution < 1.29 is 13.9 Å². The maximum Gasteiger partial charge on any atom is 0.212 e. The van der Waals surface area contributed by atoms with Gasteiger partial charge in [0.25, 0.3) is 0 Å². The van der Waals surface area contributed by atoms with E-state index in [4.69, 9.17) is 9.15 Å². The fourth-order valence-electron chi connectivity index (χ4n) is 1.50. The molecule has 0 N–H and O–H groups in total. The van der Waals surface area contributed by atoms with Gasteiger partial charge >= 0.3 is 0 Å². The minimum absolute atomic E-state index is 0.144. The van der Waals surface area contributed by atoms with Crippen LogP contribution in [0.3, 0.4) is 0 Å². The molecule has 0 aliphatic carbocycles. The summed E-state index contributed by atoms with van der Waals surface area (Å²) in [4.78, 5) is 11.3. The van der Waals surface area contributed by atoms with E-state index in [0.29, 0.717) is 11.3 Å². The molecular formula is C11H9BrO3. The molecule has 1 heterocycles. The van der Waals surface area contributed by atoms with Gasteiger partial charge in [-0.25, -0.2) is 0 Å². The molecule has 0 spiro atoms. The topological polar surface area (TPSA) is 39.4 Å². The number of rotatable bonds is 2. The van der Waals surface area contributed by atoms with Crippen molar-refractivity contribution >= 4 is 32.7 Å². The van der Waals surface area contributed by atoms with Crippen molar-refractivity contribution in [2.75, 3.05) is 7.11 Å². The third-order valence-corrected chi connectivity index (χ3v) is 2.77. The van der Waals surface area contributed by atoms with Crippen LogP contribution in [0.5, 0.6) is 5.75 Å². The molecule has 2 rings (SSSR count). The zero-order valence-electron chi connectivity index (χ0n) is 8.33. The van der Waals surface area contributed by atoms with Gasteiger partial charge in [0.05, 0.1) is 17.0 Å². The number of ether oxygens (including phenoxy) is 1. The molecule has 78 valence electrons. The molecule has 4 heteroatoms. The largest absolute Gasteiger partial charge is 0.492 e. The second-order valence-corrected chi connectivity index (χ2v) is 3.99. The van der Waals surface area contributed by atoms with Crippen LogP contribution >= 0.6 is 15.9 Å². The van der Waals surface area contributed by atoms with E-state index in [9.17, 15) is 4.79 Å². The Morgan fingerprint density at radius 2 is 2.20 bits per heavy atom. The SMILES string of the molecule is COc1c(C(C)=O)oc2c(Br)cccc12. The average molecular weight is 269 g/mol. The van der Waals surface area contributed by atoms with Crippen molar-refractivity contribution in [3.05, 3.63) is 28.4 Å². The lowest BCUT2D eigenvalue weighted by atomic mass is 10.2. The van der Waals surface area contributed by atoms with Crippen molar-refractivity contribution in [3.8, 4) is 5.75 Å². The highest BCUT2D eigenvalue weighted by Gasteiger charge is 2.19. The highest BCUT2D eigenvalue weighted by Crippen LogP contribution is 2.36. The van der Waals surface area contributed by atoms with Gasteiger partial charge in [0, 0.05) is 6.92 Å². The summed E-state index contributed by atoms with van der Waals surface area (Å²) in [7, 11) is 1.53. The van der Waals surface area contributed by atoms with E-state index in [-0.39, 0.29) is 11.5 Å². The van der Waals surface area contributed by atoms with Gasteiger partial charge in [-0.15, -0.1) is 0 Å². The Labute approximate surface area is 95.1 Å². The molecule has 0 saturated heterocycles. The molecule has 0 unspecified atom stereocenters. The molecule has 15 heavy (non-hydrogen) atoms. The number of carbonyl (C=O) groups is 1. The van der Waals surface area contributed by atoms with Crippen LogP contribution in [0.1, 0.15) is 17.5 Å². The number of methoxy groups -OCH3 is 1. The van der Waals surface area contributed by atoms with Crippen LogP contribution in [-0.4, -0.2) is 12.9 Å². The van der Waals surface area contributed by atoms with Gasteiger partial charge < -0.3 is 9.15 Å². The zero-order valence-corrected chi connectivity index (χ0v) is 9.92. The smallest absolute Gasteiger partial charge is 0.212 e. The summed E-state index contributed by atoms with van der Waals surface area (Å²) in [5.41, 5.74) is 0.638. The molecule has 0 amide bonds. The Balaban J connectivity index is 2.84. The van der Waals surface area contributed by atoms with Crippen LogP contribution in [0.2, 0.25) is 0 Å². The first-order chi connectivity index (χ1) is 7.15. The summed E-state index contributed by atoms with van der Waals surface area (Å²) < 4.78 is 11.5. The van der Waals surface area contributed by atoms with Crippen LogP contribution in [0, 0.1) is 0 Å². The van der Waals surface area contributed by atoms with E-state index >= 15 is 0 Å². The standard InChI is InChI=1S/C11H9BrO3/c1-6(13)9-11(14-2)7-4-3-5-8(12)10(7)15-9/h3-5H,1-2H3. The van der Waals surface area contributed by atoms with Gasteiger partial charge in [-0.3, -0.25) is 4.79 Å². The molecule has 0 bridgehead atoms. The van der Waals surface area contributed by atoms with Crippen molar-refractivity contribution in [3.63, 3.8) is 0 Å². The monoisotopic (exact) mass is 268 g/mol. The Morgan fingerprint density at radius 1 is 1.47 bits per heavy atom. The molecule has 1 aromatic carbocycles. The Bertz CT molecular complexity index is 528. The quantitative estimate of drug-likeness (QED) is 0.784. The van der Waals surface area contributed by atoms with E-state index in [0.717, 1.165) is 9.86 Å². The van der Waals surface area contributed by atoms with Gasteiger partial charge in [0.15, 0.2) is 17.1 Å². The van der Waals surface area contributed by atoms with Crippen LogP contribution in [0.25, 0.3) is 11.0 Å². The third kappa shape index (κ3) is 1.55. The minimum Gasteiger partial charge on any atom is -0.492 e. The van der Waals surface area contributed by atoms with Crippen molar-refractivity contribution in [1.82, 2.24) is 0 Å². The van der Waals surface area contributed by atoms with Crippen molar-refractivity contribution in [2.24, 2.45) is 0 Å². The molecule has 0 aliphatic rings. The van der Waals surface area contributed by atoms with E-state index in [2.05, 4.69) is 15.9 Å². The van der Waals surface area contributed by atoms with Gasteiger partial charge in [0.2, 0.25) is 5.76 Å². The number of hydrogen-bond acceptors (Lipinski definition) is 3. The third-order valence-electron chi connectivity index (χ3n) is 2.15. The molecule has 0 aliphatic heterocycles. The number of benzene rings is 1. The molecule has 0 atom stereocenters. The normalized spacial score (nSPS) is 10.6. The van der Waals surface area contributed by atoms with Gasteiger partial charge in [0.1, 0.15) is 0 Å². The lowest BCUT2D eigenvalue weighted by molar-refractivity contribution is 0.0985. The van der Waals surface area contributed by atoms with E-state index in [1.807, 2.05) is 18.2 Å². The van der Waals surface area contributed by atoms with Crippen LogP contribution in [0.15, 0.2) is 27.1 Å². The van der Waals surface area contributed by atoms with E-state index in [1.54, 1.807) is 0 Å². The van der Waals surface area contributed by atoms with E-state index < -0.39 is 0 Å². The number of fused-ring (bicyclic) bond motifs is 1. The maximum absolute atomic E-state index is 11.3. The second-order valence-electron chi connectivity index (χ2n) is 3.14. The summed E-state index contributed by atoms with van der Waals surface area (Å²) in [6.07, 6.45) is 0. The molecular weight excluding hydrogens is 260 g/mol. The fraction of sp³-hybridized carbons (Fsp3) is 0.182. The molecule has 1 aromatic heterocycles. The van der Waals surface area contributed by atoms with Gasteiger partial charge in [-0.05, 0) is 28.1 Å². The molecule has 2 aromatic rings. The van der Waals surface area contributed by atoms with Crippen LogP contribution in [0.4, 0.5) is 0 Å². The molecule has 0 fully saturated rings. The number of carbonyl (C=O) groups excluding carboxylic acids is 1. The fourth-order valence-corrected chi connectivity index (χ4v) is 1.94. The lowest BCUT2D eigenvalue weighted by Crippen LogP contribution is -1.92. The number of para-hydroxylation sites is 1. The number of furan rings is 1.